The SMILES string of the molecule is C[C@H](C(=O)NC1CCCCC1)N(Cc1ccc(Cl)cc1Cl)C(=O)CN(c1ccc(Cl)cc1Cl)S(=O)(=O)c1ccccc1. The lowest BCUT2D eigenvalue weighted by Crippen LogP contribution is -2.53. The van der Waals surface area contributed by atoms with E-state index >= 15 is 0 Å². The first-order valence-electron chi connectivity index (χ1n) is 13.5. The van der Waals surface area contributed by atoms with Gasteiger partial charge in [-0.25, -0.2) is 8.42 Å². The van der Waals surface area contributed by atoms with Gasteiger partial charge >= 0.3 is 0 Å². The first kappa shape index (κ1) is 32.4. The lowest BCUT2D eigenvalue weighted by atomic mass is 9.95. The fraction of sp³-hybridized carbons (Fsp3) is 0.333. The zero-order valence-electron chi connectivity index (χ0n) is 22.9. The zero-order chi connectivity index (χ0) is 30.4. The van der Waals surface area contributed by atoms with Crippen LogP contribution >= 0.6 is 46.4 Å². The van der Waals surface area contributed by atoms with Crippen molar-refractivity contribution in [3.8, 4) is 0 Å². The van der Waals surface area contributed by atoms with Crippen molar-refractivity contribution in [1.82, 2.24) is 10.2 Å². The number of hydrogen-bond acceptors (Lipinski definition) is 4. The largest absolute Gasteiger partial charge is 0.352 e. The molecule has 1 N–H and O–H groups in total. The molecular formula is C30H31Cl4N3O4S. The summed E-state index contributed by atoms with van der Waals surface area (Å²) in [4.78, 5) is 28.8. The van der Waals surface area contributed by atoms with Gasteiger partial charge in [0, 0.05) is 27.7 Å². The molecule has 0 heterocycles. The van der Waals surface area contributed by atoms with Crippen LogP contribution < -0.4 is 9.62 Å². The van der Waals surface area contributed by atoms with Crippen LogP contribution in [0.3, 0.4) is 0 Å². The summed E-state index contributed by atoms with van der Waals surface area (Å²) < 4.78 is 28.7. The minimum atomic E-state index is -4.26. The van der Waals surface area contributed by atoms with E-state index < -0.39 is 28.5 Å². The molecule has 3 aromatic rings. The monoisotopic (exact) mass is 669 g/mol. The second-order valence-electron chi connectivity index (χ2n) is 10.2. The highest BCUT2D eigenvalue weighted by molar-refractivity contribution is 7.92. The van der Waals surface area contributed by atoms with Gasteiger partial charge in [-0.05, 0) is 67.8 Å². The van der Waals surface area contributed by atoms with Crippen LogP contribution in [0.4, 0.5) is 5.69 Å². The maximum Gasteiger partial charge on any atom is 0.264 e. The lowest BCUT2D eigenvalue weighted by molar-refractivity contribution is -0.139. The van der Waals surface area contributed by atoms with Crippen LogP contribution in [0.2, 0.25) is 20.1 Å². The van der Waals surface area contributed by atoms with Gasteiger partial charge in [0.15, 0.2) is 0 Å². The molecule has 1 atom stereocenters. The van der Waals surface area contributed by atoms with Crippen LogP contribution in [0.5, 0.6) is 0 Å². The third-order valence-electron chi connectivity index (χ3n) is 7.26. The molecular weight excluding hydrogens is 640 g/mol. The van der Waals surface area contributed by atoms with Gasteiger partial charge in [-0.3, -0.25) is 13.9 Å². The van der Waals surface area contributed by atoms with Gasteiger partial charge in [0.05, 0.1) is 15.6 Å². The Kier molecular flexibility index (Phi) is 11.1. The summed E-state index contributed by atoms with van der Waals surface area (Å²) in [5.41, 5.74) is 0.621. The number of sulfonamides is 1. The molecule has 1 fully saturated rings. The van der Waals surface area contributed by atoms with Crippen LogP contribution in [0.25, 0.3) is 0 Å². The van der Waals surface area contributed by atoms with Gasteiger partial charge in [0.2, 0.25) is 11.8 Å². The number of hydrogen-bond donors (Lipinski definition) is 1. The Morgan fingerprint density at radius 3 is 2.12 bits per heavy atom. The van der Waals surface area contributed by atoms with Crippen molar-refractivity contribution in [2.75, 3.05) is 10.8 Å². The maximum atomic E-state index is 14.1. The number of halogens is 4. The minimum Gasteiger partial charge on any atom is -0.352 e. The van der Waals surface area contributed by atoms with E-state index in [1.165, 1.54) is 35.2 Å². The molecule has 224 valence electrons. The van der Waals surface area contributed by atoms with E-state index in [1.54, 1.807) is 43.3 Å². The number of carbonyl (C=O) groups excluding carboxylic acids is 2. The van der Waals surface area contributed by atoms with Gasteiger partial charge in [-0.1, -0.05) is 89.9 Å². The molecule has 0 aliphatic heterocycles. The molecule has 0 spiro atoms. The highest BCUT2D eigenvalue weighted by atomic mass is 35.5. The van der Waals surface area contributed by atoms with Gasteiger partial charge in [0.25, 0.3) is 10.0 Å². The Hall–Kier alpha value is -2.49. The summed E-state index contributed by atoms with van der Waals surface area (Å²) in [5.74, 6) is -0.958. The van der Waals surface area contributed by atoms with Crippen molar-refractivity contribution in [3.63, 3.8) is 0 Å². The molecule has 0 radical (unpaired) electrons. The molecule has 3 aromatic carbocycles. The average Bonchev–Trinajstić information content (AvgIpc) is 2.96. The number of carbonyl (C=O) groups is 2. The summed E-state index contributed by atoms with van der Waals surface area (Å²) >= 11 is 25.1. The molecule has 1 saturated carbocycles. The molecule has 0 aromatic heterocycles. The Labute approximate surface area is 266 Å². The molecule has 1 aliphatic carbocycles. The molecule has 0 bridgehead atoms. The first-order valence-corrected chi connectivity index (χ1v) is 16.5. The van der Waals surface area contributed by atoms with Crippen LogP contribution in [0.1, 0.15) is 44.6 Å². The summed E-state index contributed by atoms with van der Waals surface area (Å²) in [6, 6.07) is 16.0. The first-order chi connectivity index (χ1) is 20.0. The number of benzene rings is 3. The fourth-order valence-corrected chi connectivity index (χ4v) is 7.38. The van der Waals surface area contributed by atoms with E-state index in [4.69, 9.17) is 46.4 Å². The number of rotatable bonds is 10. The number of nitrogens with one attached hydrogen (secondary N) is 1. The summed E-state index contributed by atoms with van der Waals surface area (Å²) in [5, 5.41) is 4.15. The number of amides is 2. The second-order valence-corrected chi connectivity index (χ2v) is 13.7. The smallest absolute Gasteiger partial charge is 0.264 e. The molecule has 2 amide bonds. The minimum absolute atomic E-state index is 0.0209. The van der Waals surface area contributed by atoms with E-state index in [0.29, 0.717) is 20.6 Å². The summed E-state index contributed by atoms with van der Waals surface area (Å²) in [6.07, 6.45) is 4.91. The van der Waals surface area contributed by atoms with Crippen molar-refractivity contribution in [1.29, 1.82) is 0 Å². The normalized spacial score (nSPS) is 14.7. The van der Waals surface area contributed by atoms with Crippen LogP contribution in [-0.4, -0.2) is 43.8 Å². The Bertz CT molecular complexity index is 1530. The van der Waals surface area contributed by atoms with E-state index in [0.717, 1.165) is 36.4 Å². The van der Waals surface area contributed by atoms with Crippen LogP contribution in [0.15, 0.2) is 71.6 Å². The van der Waals surface area contributed by atoms with Crippen LogP contribution in [0, 0.1) is 0 Å². The lowest BCUT2D eigenvalue weighted by Gasteiger charge is -2.33. The number of anilines is 1. The average molecular weight is 671 g/mol. The highest BCUT2D eigenvalue weighted by Crippen LogP contribution is 2.33. The van der Waals surface area contributed by atoms with Gasteiger partial charge in [0.1, 0.15) is 12.6 Å². The van der Waals surface area contributed by atoms with Crippen molar-refractivity contribution in [2.24, 2.45) is 0 Å². The van der Waals surface area contributed by atoms with Crippen LogP contribution in [-0.2, 0) is 26.2 Å². The summed E-state index contributed by atoms with van der Waals surface area (Å²) in [7, 11) is -4.26. The second kappa shape index (κ2) is 14.3. The van der Waals surface area contributed by atoms with E-state index in [2.05, 4.69) is 5.32 Å². The van der Waals surface area contributed by atoms with Gasteiger partial charge in [-0.15, -0.1) is 0 Å². The molecule has 4 rings (SSSR count). The maximum absolute atomic E-state index is 14.1. The van der Waals surface area contributed by atoms with Gasteiger partial charge < -0.3 is 10.2 Å². The van der Waals surface area contributed by atoms with E-state index in [9.17, 15) is 18.0 Å². The predicted octanol–water partition coefficient (Wildman–Crippen LogP) is 7.36. The highest BCUT2D eigenvalue weighted by Gasteiger charge is 2.34. The van der Waals surface area contributed by atoms with Crippen molar-refractivity contribution in [3.05, 3.63) is 92.4 Å². The van der Waals surface area contributed by atoms with Crippen molar-refractivity contribution >= 4 is 73.9 Å². The zero-order valence-corrected chi connectivity index (χ0v) is 26.7. The van der Waals surface area contributed by atoms with Crippen molar-refractivity contribution < 1.29 is 18.0 Å². The van der Waals surface area contributed by atoms with Crippen molar-refractivity contribution in [2.45, 2.75) is 62.6 Å². The quantitative estimate of drug-likeness (QED) is 0.244. The van der Waals surface area contributed by atoms with Gasteiger partial charge in [-0.2, -0.15) is 0 Å². The molecule has 12 heteroatoms. The Balaban J connectivity index is 1.71. The third kappa shape index (κ3) is 7.91. The third-order valence-corrected chi connectivity index (χ3v) is 10.2. The Morgan fingerprint density at radius 1 is 0.881 bits per heavy atom. The Morgan fingerprint density at radius 2 is 1.50 bits per heavy atom. The molecule has 7 nitrogen and oxygen atoms in total. The fourth-order valence-electron chi connectivity index (χ4n) is 4.90. The predicted molar refractivity (Wildman–Crippen MR) is 169 cm³/mol. The van der Waals surface area contributed by atoms with E-state index in [-0.39, 0.29) is 34.1 Å². The molecule has 0 unspecified atom stereocenters. The number of nitrogens with zero attached hydrogens (tertiary/aromatic N) is 2. The molecule has 42 heavy (non-hydrogen) atoms. The molecule has 1 aliphatic rings. The summed E-state index contributed by atoms with van der Waals surface area (Å²) in [6.45, 7) is 0.928. The topological polar surface area (TPSA) is 86.8 Å². The standard InChI is InChI=1S/C30H31Cl4N3O4S/c1-20(30(39)35-24-8-4-2-5-9-24)36(18-21-12-13-22(31)16-26(21)33)29(38)19-37(28-15-14-23(32)17-27(28)34)42(40,41)25-10-6-3-7-11-25/h3,6-7,10-17,20,24H,2,4-5,8-9,18-19H2,1H3,(H,35,39)/t20-/m1/s1. The molecule has 0 saturated heterocycles. The van der Waals surface area contributed by atoms with E-state index in [1.807, 2.05) is 0 Å².